The van der Waals surface area contributed by atoms with Crippen LogP contribution in [0.3, 0.4) is 0 Å². The maximum atomic E-state index is 2.34. The quantitative estimate of drug-likeness (QED) is 0.155. The average Bonchev–Trinajstić information content (AvgIpc) is 3.25. The molecule has 0 spiro atoms. The van der Waals surface area contributed by atoms with Gasteiger partial charge in [-0.25, -0.2) is 0 Å². The Morgan fingerprint density at radius 3 is 0.868 bits per heavy atom. The summed E-state index contributed by atoms with van der Waals surface area (Å²) in [5, 5.41) is 2.46. The van der Waals surface area contributed by atoms with Gasteiger partial charge in [-0.15, -0.1) is 0 Å². The van der Waals surface area contributed by atoms with Crippen LogP contribution in [0.1, 0.15) is 0 Å². The number of rotatable bonds is 8. The van der Waals surface area contributed by atoms with Gasteiger partial charge in [0.25, 0.3) is 0 Å². The van der Waals surface area contributed by atoms with E-state index in [4.69, 9.17) is 0 Å². The van der Waals surface area contributed by atoms with Gasteiger partial charge in [0.1, 0.15) is 0 Å². The number of nitrogens with zero attached hydrogens (tertiary/aromatic N) is 1. The van der Waals surface area contributed by atoms with E-state index < -0.39 is 0 Å². The van der Waals surface area contributed by atoms with Gasteiger partial charge in [-0.3, -0.25) is 0 Å². The van der Waals surface area contributed by atoms with Crippen molar-refractivity contribution in [2.75, 3.05) is 4.90 Å². The first-order valence-electron chi connectivity index (χ1n) is 18.2. The van der Waals surface area contributed by atoms with Crippen LogP contribution >= 0.6 is 0 Å². The standard InChI is InChI=1S/C52H37N/c1-4-11-38(12-5-1)41-23-29-50(30-24-41)53(51-31-25-42(26-32-51)39-13-6-2-7-14-39)52-33-27-43(28-34-52)46-19-20-49-37-47(21-22-48(49)36-46)45-18-10-17-44(35-45)40-15-8-3-9-16-40/h1-37H. The van der Waals surface area contributed by atoms with Gasteiger partial charge in [0.05, 0.1) is 0 Å². The first-order chi connectivity index (χ1) is 26.2. The highest BCUT2D eigenvalue weighted by Gasteiger charge is 2.14. The van der Waals surface area contributed by atoms with Crippen molar-refractivity contribution in [2.24, 2.45) is 0 Å². The summed E-state index contributed by atoms with van der Waals surface area (Å²) in [6.07, 6.45) is 0. The van der Waals surface area contributed by atoms with E-state index in [1.54, 1.807) is 0 Å². The maximum Gasteiger partial charge on any atom is 0.0462 e. The SMILES string of the molecule is c1ccc(-c2ccc(N(c3ccc(-c4ccccc4)cc3)c3ccc(-c4ccc5cc(-c6cccc(-c7ccccc7)c6)ccc5c4)cc3)cc2)cc1. The zero-order valence-corrected chi connectivity index (χ0v) is 29.3. The lowest BCUT2D eigenvalue weighted by molar-refractivity contribution is 1.28. The lowest BCUT2D eigenvalue weighted by Gasteiger charge is -2.26. The Morgan fingerprint density at radius 1 is 0.189 bits per heavy atom. The van der Waals surface area contributed by atoms with Crippen LogP contribution in [0, 0.1) is 0 Å². The highest BCUT2D eigenvalue weighted by atomic mass is 15.1. The molecule has 0 aliphatic heterocycles. The molecule has 9 rings (SSSR count). The Bertz CT molecular complexity index is 2530. The molecule has 0 bridgehead atoms. The van der Waals surface area contributed by atoms with Crippen LogP contribution < -0.4 is 4.90 Å². The number of benzene rings is 9. The summed E-state index contributed by atoms with van der Waals surface area (Å²) in [7, 11) is 0. The van der Waals surface area contributed by atoms with E-state index in [0.717, 1.165) is 17.1 Å². The lowest BCUT2D eigenvalue weighted by Crippen LogP contribution is -2.09. The van der Waals surface area contributed by atoms with Crippen molar-refractivity contribution in [3.63, 3.8) is 0 Å². The summed E-state index contributed by atoms with van der Waals surface area (Å²) in [4.78, 5) is 2.34. The molecule has 0 saturated carbocycles. The number of hydrogen-bond acceptors (Lipinski definition) is 1. The fraction of sp³-hybridized carbons (Fsp3) is 0. The molecule has 1 nitrogen and oxygen atoms in total. The molecule has 0 fully saturated rings. The molecule has 1 heteroatoms. The summed E-state index contributed by atoms with van der Waals surface area (Å²) in [6.45, 7) is 0. The zero-order valence-electron chi connectivity index (χ0n) is 29.3. The van der Waals surface area contributed by atoms with Gasteiger partial charge >= 0.3 is 0 Å². The molecule has 250 valence electrons. The monoisotopic (exact) mass is 675 g/mol. The third-order valence-corrected chi connectivity index (χ3v) is 10.1. The molecule has 0 atom stereocenters. The molecule has 0 aromatic heterocycles. The van der Waals surface area contributed by atoms with Crippen LogP contribution in [-0.4, -0.2) is 0 Å². The number of hydrogen-bond donors (Lipinski definition) is 0. The first-order valence-corrected chi connectivity index (χ1v) is 18.2. The van der Waals surface area contributed by atoms with Crippen LogP contribution in [0.4, 0.5) is 17.1 Å². The van der Waals surface area contributed by atoms with Crippen LogP contribution in [0.15, 0.2) is 224 Å². The molecule has 9 aromatic rings. The van der Waals surface area contributed by atoms with Crippen LogP contribution in [0.25, 0.3) is 66.4 Å². The van der Waals surface area contributed by atoms with Crippen LogP contribution in [-0.2, 0) is 0 Å². The van der Waals surface area contributed by atoms with E-state index in [-0.39, 0.29) is 0 Å². The van der Waals surface area contributed by atoms with Gasteiger partial charge in [-0.05, 0) is 121 Å². The van der Waals surface area contributed by atoms with Crippen molar-refractivity contribution in [3.8, 4) is 55.6 Å². The molecule has 9 aromatic carbocycles. The van der Waals surface area contributed by atoms with E-state index in [9.17, 15) is 0 Å². The molecular formula is C52H37N. The zero-order chi connectivity index (χ0) is 35.4. The summed E-state index contributed by atoms with van der Waals surface area (Å²) in [5.74, 6) is 0. The second-order valence-electron chi connectivity index (χ2n) is 13.4. The van der Waals surface area contributed by atoms with Crippen LogP contribution in [0.5, 0.6) is 0 Å². The van der Waals surface area contributed by atoms with Crippen molar-refractivity contribution < 1.29 is 0 Å². The molecule has 0 aliphatic carbocycles. The minimum absolute atomic E-state index is 1.11. The Hall–Kier alpha value is -6.96. The van der Waals surface area contributed by atoms with Crippen molar-refractivity contribution in [1.29, 1.82) is 0 Å². The van der Waals surface area contributed by atoms with Gasteiger partial charge in [0.2, 0.25) is 0 Å². The topological polar surface area (TPSA) is 3.24 Å². The Balaban J connectivity index is 1.02. The average molecular weight is 676 g/mol. The van der Waals surface area contributed by atoms with Crippen LogP contribution in [0.2, 0.25) is 0 Å². The molecule has 0 N–H and O–H groups in total. The molecule has 0 heterocycles. The smallest absolute Gasteiger partial charge is 0.0462 e. The lowest BCUT2D eigenvalue weighted by atomic mass is 9.95. The van der Waals surface area contributed by atoms with Gasteiger partial charge in [-0.2, -0.15) is 0 Å². The Labute approximate surface area is 311 Å². The second-order valence-corrected chi connectivity index (χ2v) is 13.4. The van der Waals surface area contributed by atoms with E-state index in [1.165, 1.54) is 66.4 Å². The minimum atomic E-state index is 1.11. The number of fused-ring (bicyclic) bond motifs is 1. The largest absolute Gasteiger partial charge is 0.311 e. The molecule has 0 unspecified atom stereocenters. The van der Waals surface area contributed by atoms with E-state index in [2.05, 4.69) is 229 Å². The van der Waals surface area contributed by atoms with Crippen molar-refractivity contribution >= 4 is 27.8 Å². The fourth-order valence-corrected chi connectivity index (χ4v) is 7.23. The normalized spacial score (nSPS) is 11.0. The highest BCUT2D eigenvalue weighted by molar-refractivity contribution is 5.91. The third kappa shape index (κ3) is 6.77. The second kappa shape index (κ2) is 14.3. The Morgan fingerprint density at radius 2 is 0.453 bits per heavy atom. The molecule has 53 heavy (non-hydrogen) atoms. The van der Waals surface area contributed by atoms with Crippen molar-refractivity contribution in [1.82, 2.24) is 0 Å². The van der Waals surface area contributed by atoms with Crippen molar-refractivity contribution in [3.05, 3.63) is 224 Å². The van der Waals surface area contributed by atoms with E-state index in [1.807, 2.05) is 0 Å². The maximum absolute atomic E-state index is 2.34. The predicted molar refractivity (Wildman–Crippen MR) is 226 cm³/mol. The van der Waals surface area contributed by atoms with Crippen molar-refractivity contribution in [2.45, 2.75) is 0 Å². The summed E-state index contributed by atoms with van der Waals surface area (Å²) in [5.41, 5.74) is 15.5. The fourth-order valence-electron chi connectivity index (χ4n) is 7.23. The predicted octanol–water partition coefficient (Wildman–Crippen LogP) is 14.6. The van der Waals surface area contributed by atoms with Gasteiger partial charge in [-0.1, -0.05) is 170 Å². The molecule has 0 aliphatic rings. The highest BCUT2D eigenvalue weighted by Crippen LogP contribution is 2.38. The molecule has 0 saturated heterocycles. The molecule has 0 amide bonds. The first kappa shape index (κ1) is 32.0. The van der Waals surface area contributed by atoms with Gasteiger partial charge in [0.15, 0.2) is 0 Å². The van der Waals surface area contributed by atoms with Gasteiger partial charge in [0, 0.05) is 17.1 Å². The summed E-state index contributed by atoms with van der Waals surface area (Å²) in [6, 6.07) is 80.7. The molecule has 0 radical (unpaired) electrons. The number of anilines is 3. The van der Waals surface area contributed by atoms with Gasteiger partial charge < -0.3 is 4.90 Å². The molecular weight excluding hydrogens is 639 g/mol. The third-order valence-electron chi connectivity index (χ3n) is 10.1. The van der Waals surface area contributed by atoms with E-state index in [0.29, 0.717) is 0 Å². The minimum Gasteiger partial charge on any atom is -0.311 e. The summed E-state index contributed by atoms with van der Waals surface area (Å²) < 4.78 is 0. The Kier molecular flexibility index (Phi) is 8.66. The van der Waals surface area contributed by atoms with E-state index >= 15 is 0 Å². The summed E-state index contributed by atoms with van der Waals surface area (Å²) >= 11 is 0.